The fourth-order valence-corrected chi connectivity index (χ4v) is 4.37. The Balaban J connectivity index is 1.68. The number of hydrogen-bond acceptors (Lipinski definition) is 3. The summed E-state index contributed by atoms with van der Waals surface area (Å²) in [4.78, 5) is 41.9. The van der Waals surface area contributed by atoms with Gasteiger partial charge in [0.05, 0.1) is 11.1 Å². The number of nitrogens with one attached hydrogen (secondary N) is 2. The van der Waals surface area contributed by atoms with E-state index in [1.54, 1.807) is 20.8 Å². The smallest absolute Gasteiger partial charge is 0.340 e. The molecule has 1 aliphatic heterocycles. The van der Waals surface area contributed by atoms with Crippen molar-refractivity contribution in [1.82, 2.24) is 15.1 Å². The van der Waals surface area contributed by atoms with Crippen LogP contribution in [0.15, 0.2) is 48.5 Å². The molecule has 0 aromatic heterocycles. The number of urea groups is 1. The molecule has 0 spiro atoms. The molecule has 0 aliphatic carbocycles. The summed E-state index contributed by atoms with van der Waals surface area (Å²) in [5.41, 5.74) is -2.16. The van der Waals surface area contributed by atoms with E-state index >= 15 is 0 Å². The topological polar surface area (TPSA) is 81.8 Å². The normalized spacial score (nSPS) is 17.7. The Labute approximate surface area is 227 Å². The van der Waals surface area contributed by atoms with E-state index in [2.05, 4.69) is 10.6 Å². The zero-order chi connectivity index (χ0) is 29.8. The molecule has 0 radical (unpaired) electrons. The molecular formula is C27H30F6N4O3. The number of carbonyl (C=O) groups excluding carboxylic acids is 3. The molecule has 0 saturated carbocycles. The molecule has 40 heavy (non-hydrogen) atoms. The third-order valence-electron chi connectivity index (χ3n) is 6.86. The first kappa shape index (κ1) is 30.8. The number of anilines is 1. The number of hydrogen-bond donors (Lipinski definition) is 2. The van der Waals surface area contributed by atoms with Crippen LogP contribution in [0.1, 0.15) is 48.7 Å². The highest BCUT2D eigenvalue weighted by Crippen LogP contribution is 2.31. The Morgan fingerprint density at radius 1 is 0.950 bits per heavy atom. The maximum absolute atomic E-state index is 13.4. The summed E-state index contributed by atoms with van der Waals surface area (Å²) >= 11 is 0. The lowest BCUT2D eigenvalue weighted by Crippen LogP contribution is -2.60. The molecule has 1 saturated heterocycles. The highest BCUT2D eigenvalue weighted by Gasteiger charge is 2.36. The number of nitrogens with zero attached hydrogens (tertiary/aromatic N) is 2. The summed E-state index contributed by atoms with van der Waals surface area (Å²) in [5.74, 6) is -1.61. The quantitative estimate of drug-likeness (QED) is 0.440. The van der Waals surface area contributed by atoms with Crippen molar-refractivity contribution in [2.45, 2.75) is 51.6 Å². The number of benzene rings is 2. The fraction of sp³-hybridized carbons (Fsp3) is 0.444. The highest BCUT2D eigenvalue weighted by molar-refractivity contribution is 5.98. The van der Waals surface area contributed by atoms with Gasteiger partial charge in [-0.15, -0.1) is 0 Å². The van der Waals surface area contributed by atoms with Crippen molar-refractivity contribution in [3.8, 4) is 0 Å². The average Bonchev–Trinajstić information content (AvgIpc) is 2.89. The fourth-order valence-electron chi connectivity index (χ4n) is 4.37. The van der Waals surface area contributed by atoms with Crippen molar-refractivity contribution in [3.05, 3.63) is 65.2 Å². The lowest BCUT2D eigenvalue weighted by Gasteiger charge is -2.41. The van der Waals surface area contributed by atoms with Gasteiger partial charge in [-0.1, -0.05) is 32.4 Å². The Kier molecular flexibility index (Phi) is 9.36. The van der Waals surface area contributed by atoms with Gasteiger partial charge in [-0.25, -0.2) is 4.79 Å². The highest BCUT2D eigenvalue weighted by atomic mass is 19.4. The lowest BCUT2D eigenvalue weighted by molar-refractivity contribution is -0.138. The number of alkyl halides is 6. The van der Waals surface area contributed by atoms with Gasteiger partial charge in [0.1, 0.15) is 6.04 Å². The maximum Gasteiger partial charge on any atom is 0.416 e. The monoisotopic (exact) mass is 572 g/mol. The van der Waals surface area contributed by atoms with E-state index in [9.17, 15) is 40.7 Å². The molecular weight excluding hydrogens is 542 g/mol. The first-order valence-corrected chi connectivity index (χ1v) is 12.6. The van der Waals surface area contributed by atoms with E-state index in [-0.39, 0.29) is 36.8 Å². The minimum absolute atomic E-state index is 0.0281. The van der Waals surface area contributed by atoms with E-state index in [0.29, 0.717) is 6.42 Å². The van der Waals surface area contributed by atoms with Crippen molar-refractivity contribution in [2.75, 3.05) is 25.0 Å². The molecule has 218 valence electrons. The van der Waals surface area contributed by atoms with Crippen molar-refractivity contribution in [1.29, 1.82) is 0 Å². The van der Waals surface area contributed by atoms with Crippen LogP contribution in [-0.2, 0) is 17.1 Å². The van der Waals surface area contributed by atoms with Crippen molar-refractivity contribution >= 4 is 23.5 Å². The van der Waals surface area contributed by atoms with Gasteiger partial charge in [-0.3, -0.25) is 9.59 Å². The van der Waals surface area contributed by atoms with Gasteiger partial charge >= 0.3 is 18.4 Å². The molecule has 1 aliphatic rings. The van der Waals surface area contributed by atoms with Crippen LogP contribution in [-0.4, -0.2) is 59.4 Å². The number of rotatable bonds is 6. The minimum Gasteiger partial charge on any atom is -0.340 e. The number of carbonyl (C=O) groups is 3. The van der Waals surface area contributed by atoms with Crippen LogP contribution in [0.25, 0.3) is 0 Å². The first-order chi connectivity index (χ1) is 18.6. The van der Waals surface area contributed by atoms with Crippen LogP contribution in [0.3, 0.4) is 0 Å². The van der Waals surface area contributed by atoms with Gasteiger partial charge in [0, 0.05) is 36.9 Å². The van der Waals surface area contributed by atoms with Crippen LogP contribution >= 0.6 is 0 Å². The second-order valence-electron chi connectivity index (χ2n) is 9.75. The van der Waals surface area contributed by atoms with E-state index in [4.69, 9.17) is 0 Å². The third kappa shape index (κ3) is 7.45. The van der Waals surface area contributed by atoms with E-state index in [1.165, 1.54) is 28.0 Å². The number of piperazine rings is 1. The molecule has 7 nitrogen and oxygen atoms in total. The molecule has 2 aromatic carbocycles. The Morgan fingerprint density at radius 3 is 2.12 bits per heavy atom. The zero-order valence-electron chi connectivity index (χ0n) is 22.1. The summed E-state index contributed by atoms with van der Waals surface area (Å²) in [7, 11) is 0. The largest absolute Gasteiger partial charge is 0.416 e. The van der Waals surface area contributed by atoms with Gasteiger partial charge in [-0.2, -0.15) is 26.3 Å². The van der Waals surface area contributed by atoms with E-state index < -0.39 is 53.4 Å². The van der Waals surface area contributed by atoms with Crippen LogP contribution in [0.4, 0.5) is 36.8 Å². The first-order valence-electron chi connectivity index (χ1n) is 12.6. The van der Waals surface area contributed by atoms with Crippen molar-refractivity contribution in [2.24, 2.45) is 5.92 Å². The summed E-state index contributed by atoms with van der Waals surface area (Å²) < 4.78 is 78.3. The predicted octanol–water partition coefficient (Wildman–Crippen LogP) is 5.63. The Hall–Kier alpha value is -3.77. The standard InChI is InChI=1S/C27H30F6N4O3/c1-4-16(2)22(35-23(38)18-7-5-8-19(13-18)26(28,29)30)24(39)36-11-12-37(17(3)15-36)25(40)34-21-10-6-9-20(14-21)27(31,32)33/h5-10,13-14,16-17,22H,4,11-12,15H2,1-3H3,(H,34,40)(H,35,38). The minimum atomic E-state index is -4.63. The SMILES string of the molecule is CCC(C)C(NC(=O)c1cccc(C(F)(F)F)c1)C(=O)N1CCN(C(=O)Nc2cccc(C(F)(F)F)c2)C(C)C1. The second-order valence-corrected chi connectivity index (χ2v) is 9.75. The van der Waals surface area contributed by atoms with E-state index in [1.807, 2.05) is 0 Å². The van der Waals surface area contributed by atoms with Gasteiger partial charge in [-0.05, 0) is 49.2 Å². The van der Waals surface area contributed by atoms with Gasteiger partial charge in [0.15, 0.2) is 0 Å². The summed E-state index contributed by atoms with van der Waals surface area (Å²) in [6.45, 7) is 5.46. The lowest BCUT2D eigenvalue weighted by atomic mass is 9.96. The van der Waals surface area contributed by atoms with Crippen LogP contribution in [0, 0.1) is 5.92 Å². The molecule has 2 aromatic rings. The van der Waals surface area contributed by atoms with Gasteiger partial charge in [0.2, 0.25) is 5.91 Å². The van der Waals surface area contributed by atoms with Crippen molar-refractivity contribution in [3.63, 3.8) is 0 Å². The van der Waals surface area contributed by atoms with Crippen LogP contribution < -0.4 is 10.6 Å². The van der Waals surface area contributed by atoms with Crippen LogP contribution in [0.5, 0.6) is 0 Å². The van der Waals surface area contributed by atoms with Gasteiger partial charge in [0.25, 0.3) is 5.91 Å². The second kappa shape index (κ2) is 12.2. The molecule has 3 rings (SSSR count). The summed E-state index contributed by atoms with van der Waals surface area (Å²) in [6.07, 6.45) is -8.71. The molecule has 1 heterocycles. The molecule has 4 amide bonds. The number of halogens is 6. The van der Waals surface area contributed by atoms with Crippen LogP contribution in [0.2, 0.25) is 0 Å². The molecule has 3 atom stereocenters. The molecule has 2 N–H and O–H groups in total. The maximum atomic E-state index is 13.4. The molecule has 1 fully saturated rings. The molecule has 0 bridgehead atoms. The van der Waals surface area contributed by atoms with Crippen molar-refractivity contribution < 1.29 is 40.7 Å². The number of amides is 4. The summed E-state index contributed by atoms with van der Waals surface area (Å²) in [5, 5.41) is 5.03. The Bertz CT molecular complexity index is 1230. The molecule has 13 heteroatoms. The predicted molar refractivity (Wildman–Crippen MR) is 135 cm³/mol. The third-order valence-corrected chi connectivity index (χ3v) is 6.86. The zero-order valence-corrected chi connectivity index (χ0v) is 22.1. The molecule has 3 unspecified atom stereocenters. The average molecular weight is 573 g/mol. The Morgan fingerprint density at radius 2 is 1.55 bits per heavy atom. The van der Waals surface area contributed by atoms with E-state index in [0.717, 1.165) is 30.3 Å². The summed E-state index contributed by atoms with van der Waals surface area (Å²) in [6, 6.07) is 5.97. The van der Waals surface area contributed by atoms with Gasteiger partial charge < -0.3 is 20.4 Å².